The molecule has 0 spiro atoms. The summed E-state index contributed by atoms with van der Waals surface area (Å²) in [6.07, 6.45) is 42.9. The van der Waals surface area contributed by atoms with Gasteiger partial charge in [-0.05, 0) is 37.5 Å². The summed E-state index contributed by atoms with van der Waals surface area (Å²) in [6.45, 7) is 9.47. The molecule has 19 heteroatoms. The van der Waals surface area contributed by atoms with Crippen LogP contribution in [0.3, 0.4) is 0 Å². The first-order valence-corrected chi connectivity index (χ1v) is 38.1. The summed E-state index contributed by atoms with van der Waals surface area (Å²) in [5.74, 6) is -0.632. The van der Waals surface area contributed by atoms with Crippen LogP contribution in [0.5, 0.6) is 0 Å². The molecule has 0 aliphatic heterocycles. The third-order valence-electron chi connectivity index (χ3n) is 16.2. The molecule has 0 saturated heterocycles. The van der Waals surface area contributed by atoms with Crippen molar-refractivity contribution in [1.82, 2.24) is 0 Å². The molecule has 4 unspecified atom stereocenters. The highest BCUT2D eigenvalue weighted by atomic mass is 31.2. The van der Waals surface area contributed by atoms with Gasteiger partial charge in [-0.3, -0.25) is 37.3 Å². The van der Waals surface area contributed by atoms with E-state index < -0.39 is 97.5 Å². The number of unbranched alkanes of at least 4 members (excludes halogenated alkanes) is 34. The van der Waals surface area contributed by atoms with E-state index in [1.165, 1.54) is 154 Å². The Bertz CT molecular complexity index is 1690. The standard InChI is InChI=1S/C67H130O17P2/c1-7-11-13-15-17-19-21-22-23-24-26-32-39-45-51-66(71)83-62(55-78-65(70)50-44-38-31-28-27-29-35-41-47-59(5)9-3)57-81-85(73,74)79-53-61(68)54-80-86(75,76)82-58-63(84-67(72)52-46-40-34-33-36-42-48-60(6)10-4)56-77-64(69)49-43-37-30-25-20-18-16-14-12-8-2/h59-63,68H,7-58H2,1-6H3,(H,73,74)(H,75,76)/t59?,60?,61-,62-,63-/m1/s1. The summed E-state index contributed by atoms with van der Waals surface area (Å²) in [7, 11) is -9.89. The molecule has 0 aliphatic carbocycles. The number of carbonyl (C=O) groups is 4. The van der Waals surface area contributed by atoms with Crippen molar-refractivity contribution >= 4 is 39.5 Å². The van der Waals surface area contributed by atoms with Gasteiger partial charge >= 0.3 is 39.5 Å². The number of hydrogen-bond acceptors (Lipinski definition) is 15. The van der Waals surface area contributed by atoms with Crippen LogP contribution in [0, 0.1) is 11.8 Å². The van der Waals surface area contributed by atoms with E-state index in [-0.39, 0.29) is 25.7 Å². The Hall–Kier alpha value is -1.94. The van der Waals surface area contributed by atoms with Crippen LogP contribution in [0.4, 0.5) is 0 Å². The molecule has 0 aromatic heterocycles. The number of hydrogen-bond donors (Lipinski definition) is 3. The van der Waals surface area contributed by atoms with E-state index >= 15 is 0 Å². The largest absolute Gasteiger partial charge is 0.472 e. The van der Waals surface area contributed by atoms with E-state index in [0.29, 0.717) is 25.7 Å². The zero-order valence-corrected chi connectivity index (χ0v) is 57.4. The highest BCUT2D eigenvalue weighted by Gasteiger charge is 2.30. The predicted molar refractivity (Wildman–Crippen MR) is 345 cm³/mol. The molecular weight excluding hydrogens is 1140 g/mol. The second-order valence-corrected chi connectivity index (χ2v) is 27.6. The van der Waals surface area contributed by atoms with Gasteiger partial charge in [0.15, 0.2) is 12.2 Å². The summed E-state index contributed by atoms with van der Waals surface area (Å²) in [5.41, 5.74) is 0. The first-order valence-electron chi connectivity index (χ1n) is 35.1. The van der Waals surface area contributed by atoms with Gasteiger partial charge in [0.2, 0.25) is 0 Å². The fourth-order valence-electron chi connectivity index (χ4n) is 10.00. The van der Waals surface area contributed by atoms with Crippen LogP contribution >= 0.6 is 15.6 Å². The maximum absolute atomic E-state index is 13.0. The van der Waals surface area contributed by atoms with Gasteiger partial charge in [-0.25, -0.2) is 9.13 Å². The lowest BCUT2D eigenvalue weighted by molar-refractivity contribution is -0.161. The third kappa shape index (κ3) is 58.4. The Kier molecular flexibility index (Phi) is 58.0. The fourth-order valence-corrected chi connectivity index (χ4v) is 11.6. The lowest BCUT2D eigenvalue weighted by Gasteiger charge is -2.21. The van der Waals surface area contributed by atoms with Gasteiger partial charge in [0.25, 0.3) is 0 Å². The Morgan fingerprint density at radius 3 is 0.826 bits per heavy atom. The molecule has 0 aliphatic rings. The minimum atomic E-state index is -4.95. The minimum absolute atomic E-state index is 0.103. The zero-order chi connectivity index (χ0) is 63.6. The number of aliphatic hydroxyl groups excluding tert-OH is 1. The van der Waals surface area contributed by atoms with E-state index in [1.54, 1.807) is 0 Å². The Morgan fingerprint density at radius 1 is 0.326 bits per heavy atom. The van der Waals surface area contributed by atoms with Gasteiger partial charge in [-0.1, -0.05) is 286 Å². The molecule has 17 nitrogen and oxygen atoms in total. The third-order valence-corrected chi connectivity index (χ3v) is 18.1. The summed E-state index contributed by atoms with van der Waals surface area (Å²) < 4.78 is 68.1. The minimum Gasteiger partial charge on any atom is -0.462 e. The summed E-state index contributed by atoms with van der Waals surface area (Å²) >= 11 is 0. The van der Waals surface area contributed by atoms with Gasteiger partial charge in [0.1, 0.15) is 19.3 Å². The molecule has 7 atom stereocenters. The molecule has 0 fully saturated rings. The summed E-state index contributed by atoms with van der Waals surface area (Å²) in [5, 5.41) is 10.6. The highest BCUT2D eigenvalue weighted by Crippen LogP contribution is 2.45. The quantitative estimate of drug-likeness (QED) is 0.0222. The smallest absolute Gasteiger partial charge is 0.462 e. The van der Waals surface area contributed by atoms with Crippen molar-refractivity contribution in [2.45, 2.75) is 355 Å². The number of phosphoric ester groups is 2. The van der Waals surface area contributed by atoms with E-state index in [9.17, 15) is 43.2 Å². The number of phosphoric acid groups is 2. The molecule has 0 saturated carbocycles. The Labute approximate surface area is 524 Å². The maximum Gasteiger partial charge on any atom is 0.472 e. The van der Waals surface area contributed by atoms with Crippen LogP contribution < -0.4 is 0 Å². The van der Waals surface area contributed by atoms with Crippen molar-refractivity contribution in [3.63, 3.8) is 0 Å². The first kappa shape index (κ1) is 84.1. The van der Waals surface area contributed by atoms with Crippen LogP contribution in [-0.4, -0.2) is 96.7 Å². The average molecular weight is 1270 g/mol. The van der Waals surface area contributed by atoms with Crippen molar-refractivity contribution < 1.29 is 80.2 Å². The van der Waals surface area contributed by atoms with Crippen LogP contribution in [0.15, 0.2) is 0 Å². The lowest BCUT2D eigenvalue weighted by atomic mass is 9.99. The van der Waals surface area contributed by atoms with Gasteiger partial charge < -0.3 is 33.8 Å². The SMILES string of the molecule is CCCCCCCCCCCCCCCCC(=O)O[C@H](COC(=O)CCCCCCCCCCC(C)CC)COP(=O)(O)OC[C@@H](O)COP(=O)(O)OC[C@@H](COC(=O)CCCCCCCCCCCC)OC(=O)CCCCCCCCC(C)CC. The number of carbonyl (C=O) groups excluding carboxylic acids is 4. The molecule has 3 N–H and O–H groups in total. The molecule has 0 bridgehead atoms. The van der Waals surface area contributed by atoms with Crippen LogP contribution in [-0.2, 0) is 65.4 Å². The Balaban J connectivity index is 5.25. The normalized spacial score (nSPS) is 14.8. The topological polar surface area (TPSA) is 237 Å². The second-order valence-electron chi connectivity index (χ2n) is 24.7. The van der Waals surface area contributed by atoms with Gasteiger partial charge in [0.05, 0.1) is 26.4 Å². The van der Waals surface area contributed by atoms with Crippen molar-refractivity contribution in [3.8, 4) is 0 Å². The predicted octanol–water partition coefficient (Wildman–Crippen LogP) is 18.8. The van der Waals surface area contributed by atoms with Gasteiger partial charge in [-0.15, -0.1) is 0 Å². The highest BCUT2D eigenvalue weighted by molar-refractivity contribution is 7.47. The van der Waals surface area contributed by atoms with Gasteiger partial charge in [-0.2, -0.15) is 0 Å². The number of ether oxygens (including phenoxy) is 4. The van der Waals surface area contributed by atoms with Gasteiger partial charge in [0, 0.05) is 25.7 Å². The van der Waals surface area contributed by atoms with E-state index in [4.69, 9.17) is 37.0 Å². The molecule has 0 rings (SSSR count). The molecule has 0 amide bonds. The number of aliphatic hydroxyl groups is 1. The fraction of sp³-hybridized carbons (Fsp3) is 0.940. The van der Waals surface area contributed by atoms with Crippen LogP contribution in [0.25, 0.3) is 0 Å². The zero-order valence-electron chi connectivity index (χ0n) is 55.6. The lowest BCUT2D eigenvalue weighted by Crippen LogP contribution is -2.30. The van der Waals surface area contributed by atoms with Crippen LogP contribution in [0.1, 0.15) is 337 Å². The molecule has 0 aromatic carbocycles. The second kappa shape index (κ2) is 59.4. The Morgan fingerprint density at radius 2 is 0.558 bits per heavy atom. The molecule has 0 aromatic rings. The van der Waals surface area contributed by atoms with Crippen molar-refractivity contribution in [3.05, 3.63) is 0 Å². The molecule has 0 radical (unpaired) electrons. The maximum atomic E-state index is 13.0. The van der Waals surface area contributed by atoms with Crippen LogP contribution in [0.2, 0.25) is 0 Å². The summed E-state index contributed by atoms with van der Waals surface area (Å²) in [6, 6.07) is 0. The van der Waals surface area contributed by atoms with E-state index in [2.05, 4.69) is 41.5 Å². The number of rotatable bonds is 66. The average Bonchev–Trinajstić information content (AvgIpc) is 3.71. The molecule has 0 heterocycles. The van der Waals surface area contributed by atoms with Crippen molar-refractivity contribution in [2.75, 3.05) is 39.6 Å². The van der Waals surface area contributed by atoms with Crippen molar-refractivity contribution in [1.29, 1.82) is 0 Å². The number of esters is 4. The van der Waals surface area contributed by atoms with E-state index in [0.717, 1.165) is 102 Å². The molecular formula is C67H130O17P2. The monoisotopic (exact) mass is 1270 g/mol. The molecule has 86 heavy (non-hydrogen) atoms. The summed E-state index contributed by atoms with van der Waals surface area (Å²) in [4.78, 5) is 72.4. The van der Waals surface area contributed by atoms with E-state index in [1.807, 2.05) is 0 Å². The first-order chi connectivity index (χ1) is 41.4. The molecule has 510 valence electrons. The van der Waals surface area contributed by atoms with Crippen molar-refractivity contribution in [2.24, 2.45) is 11.8 Å².